The van der Waals surface area contributed by atoms with Gasteiger partial charge in [-0.25, -0.2) is 8.78 Å². The van der Waals surface area contributed by atoms with E-state index in [-0.39, 0.29) is 6.42 Å². The molecular formula is C11H20F2. The zero-order valence-electron chi connectivity index (χ0n) is 8.82. The Morgan fingerprint density at radius 3 is 2.46 bits per heavy atom. The molecular weight excluding hydrogens is 170 g/mol. The molecule has 13 heavy (non-hydrogen) atoms. The highest BCUT2D eigenvalue weighted by atomic mass is 19.3. The second-order valence-corrected chi connectivity index (χ2v) is 4.93. The summed E-state index contributed by atoms with van der Waals surface area (Å²) in [6.45, 7) is 6.02. The van der Waals surface area contributed by atoms with E-state index in [9.17, 15) is 8.78 Å². The molecule has 78 valence electrons. The first kappa shape index (κ1) is 10.9. The summed E-state index contributed by atoms with van der Waals surface area (Å²) >= 11 is 0. The van der Waals surface area contributed by atoms with Crippen LogP contribution in [-0.4, -0.2) is 5.92 Å². The van der Waals surface area contributed by atoms with Crippen LogP contribution in [0.4, 0.5) is 8.78 Å². The van der Waals surface area contributed by atoms with Crippen molar-refractivity contribution in [2.24, 2.45) is 17.8 Å². The van der Waals surface area contributed by atoms with Crippen LogP contribution in [0, 0.1) is 17.8 Å². The van der Waals surface area contributed by atoms with E-state index in [1.54, 1.807) is 6.92 Å². The molecule has 1 saturated carbocycles. The lowest BCUT2D eigenvalue weighted by Crippen LogP contribution is -2.33. The summed E-state index contributed by atoms with van der Waals surface area (Å²) in [6.07, 6.45) is 2.65. The third kappa shape index (κ3) is 2.92. The molecule has 0 nitrogen and oxygen atoms in total. The topological polar surface area (TPSA) is 0 Å². The first-order chi connectivity index (χ1) is 5.92. The summed E-state index contributed by atoms with van der Waals surface area (Å²) in [5, 5.41) is 0. The van der Waals surface area contributed by atoms with E-state index in [2.05, 4.69) is 13.8 Å². The minimum Gasteiger partial charge on any atom is -0.207 e. The van der Waals surface area contributed by atoms with Crippen LogP contribution in [0.2, 0.25) is 0 Å². The summed E-state index contributed by atoms with van der Waals surface area (Å²) in [6, 6.07) is 0. The Labute approximate surface area is 79.7 Å². The zero-order valence-corrected chi connectivity index (χ0v) is 8.82. The van der Waals surface area contributed by atoms with E-state index in [0.29, 0.717) is 18.3 Å². The van der Waals surface area contributed by atoms with Crippen LogP contribution in [0.1, 0.15) is 46.5 Å². The van der Waals surface area contributed by atoms with Gasteiger partial charge in [-0.05, 0) is 31.1 Å². The van der Waals surface area contributed by atoms with Crippen molar-refractivity contribution in [2.45, 2.75) is 52.4 Å². The summed E-state index contributed by atoms with van der Waals surface area (Å²) in [5.74, 6) is -1.63. The van der Waals surface area contributed by atoms with Crippen LogP contribution in [0.25, 0.3) is 0 Å². The molecule has 0 amide bonds. The maximum atomic E-state index is 13.1. The van der Waals surface area contributed by atoms with E-state index >= 15 is 0 Å². The molecule has 0 radical (unpaired) electrons. The molecule has 0 heterocycles. The molecule has 1 aliphatic rings. The van der Waals surface area contributed by atoms with Gasteiger partial charge in [0, 0.05) is 12.3 Å². The minimum atomic E-state index is -2.40. The molecule has 1 aliphatic carbocycles. The second-order valence-electron chi connectivity index (χ2n) is 4.93. The molecule has 0 unspecified atom stereocenters. The number of hydrogen-bond donors (Lipinski definition) is 0. The highest BCUT2D eigenvalue weighted by molar-refractivity contribution is 4.83. The third-order valence-corrected chi connectivity index (χ3v) is 3.10. The van der Waals surface area contributed by atoms with Crippen LogP contribution in [0.15, 0.2) is 0 Å². The fourth-order valence-electron chi connectivity index (χ4n) is 2.31. The van der Waals surface area contributed by atoms with Crippen molar-refractivity contribution in [3.8, 4) is 0 Å². The Balaban J connectivity index is 2.42. The first-order valence-corrected chi connectivity index (χ1v) is 5.29. The van der Waals surface area contributed by atoms with Gasteiger partial charge in [-0.3, -0.25) is 0 Å². The summed E-state index contributed by atoms with van der Waals surface area (Å²) < 4.78 is 26.2. The number of hydrogen-bond acceptors (Lipinski definition) is 0. The molecule has 0 spiro atoms. The predicted octanol–water partition coefficient (Wildman–Crippen LogP) is 4.10. The Morgan fingerprint density at radius 2 is 2.00 bits per heavy atom. The maximum Gasteiger partial charge on any atom is 0.250 e. The van der Waals surface area contributed by atoms with Gasteiger partial charge in [0.15, 0.2) is 0 Å². The van der Waals surface area contributed by atoms with Crippen molar-refractivity contribution in [3.05, 3.63) is 0 Å². The van der Waals surface area contributed by atoms with E-state index in [0.717, 1.165) is 12.8 Å². The summed E-state index contributed by atoms with van der Waals surface area (Å²) in [5.41, 5.74) is 0. The van der Waals surface area contributed by atoms with Crippen molar-refractivity contribution in [3.63, 3.8) is 0 Å². The van der Waals surface area contributed by atoms with Gasteiger partial charge in [0.2, 0.25) is 0 Å². The van der Waals surface area contributed by atoms with Gasteiger partial charge in [0.25, 0.3) is 5.92 Å². The average Bonchev–Trinajstić information content (AvgIpc) is 1.97. The largest absolute Gasteiger partial charge is 0.250 e. The smallest absolute Gasteiger partial charge is 0.207 e. The average molecular weight is 190 g/mol. The van der Waals surface area contributed by atoms with Gasteiger partial charge in [-0.15, -0.1) is 0 Å². The number of rotatable bonds is 2. The van der Waals surface area contributed by atoms with Crippen molar-refractivity contribution in [2.75, 3.05) is 0 Å². The van der Waals surface area contributed by atoms with Gasteiger partial charge in [-0.1, -0.05) is 20.8 Å². The third-order valence-electron chi connectivity index (χ3n) is 3.10. The van der Waals surface area contributed by atoms with Crippen molar-refractivity contribution >= 4 is 0 Å². The molecule has 0 aliphatic heterocycles. The highest BCUT2D eigenvalue weighted by Gasteiger charge is 2.41. The SMILES string of the molecule is CC(C)C[C@@H]1CCC(F)(F)[C@H](C)C1. The van der Waals surface area contributed by atoms with Gasteiger partial charge >= 0.3 is 0 Å². The first-order valence-electron chi connectivity index (χ1n) is 5.29. The number of alkyl halides is 2. The van der Waals surface area contributed by atoms with Crippen LogP contribution in [0.3, 0.4) is 0 Å². The summed E-state index contributed by atoms with van der Waals surface area (Å²) in [7, 11) is 0. The maximum absolute atomic E-state index is 13.1. The van der Waals surface area contributed by atoms with Crippen LogP contribution in [-0.2, 0) is 0 Å². The molecule has 1 rings (SSSR count). The lowest BCUT2D eigenvalue weighted by atomic mass is 9.76. The Bertz CT molecular complexity index is 163. The lowest BCUT2D eigenvalue weighted by Gasteiger charge is -2.34. The highest BCUT2D eigenvalue weighted by Crippen LogP contribution is 2.42. The lowest BCUT2D eigenvalue weighted by molar-refractivity contribution is -0.0924. The standard InChI is InChI=1S/C11H20F2/c1-8(2)6-10-4-5-11(12,13)9(3)7-10/h8-10H,4-7H2,1-3H3/t9-,10+/m1/s1. The fraction of sp³-hybridized carbons (Fsp3) is 1.00. The van der Waals surface area contributed by atoms with Gasteiger partial charge < -0.3 is 0 Å². The zero-order chi connectivity index (χ0) is 10.1. The monoisotopic (exact) mass is 190 g/mol. The van der Waals surface area contributed by atoms with Gasteiger partial charge in [0.1, 0.15) is 0 Å². The molecule has 1 fully saturated rings. The summed E-state index contributed by atoms with van der Waals surface area (Å²) in [4.78, 5) is 0. The van der Waals surface area contributed by atoms with Crippen LogP contribution >= 0.6 is 0 Å². The molecule has 0 bridgehead atoms. The molecule has 0 saturated heterocycles. The Kier molecular flexibility index (Phi) is 3.31. The Hall–Kier alpha value is -0.140. The van der Waals surface area contributed by atoms with Crippen LogP contribution in [0.5, 0.6) is 0 Å². The molecule has 2 atom stereocenters. The van der Waals surface area contributed by atoms with Crippen LogP contribution < -0.4 is 0 Å². The molecule has 0 N–H and O–H groups in total. The van der Waals surface area contributed by atoms with E-state index in [1.807, 2.05) is 0 Å². The second kappa shape index (κ2) is 3.93. The van der Waals surface area contributed by atoms with E-state index in [1.165, 1.54) is 0 Å². The molecule has 2 heteroatoms. The van der Waals surface area contributed by atoms with Gasteiger partial charge in [0.05, 0.1) is 0 Å². The van der Waals surface area contributed by atoms with Gasteiger partial charge in [-0.2, -0.15) is 0 Å². The van der Waals surface area contributed by atoms with E-state index in [4.69, 9.17) is 0 Å². The minimum absolute atomic E-state index is 0.103. The predicted molar refractivity (Wildman–Crippen MR) is 50.9 cm³/mol. The molecule has 0 aromatic rings. The molecule has 0 aromatic carbocycles. The fourth-order valence-corrected chi connectivity index (χ4v) is 2.31. The Morgan fingerprint density at radius 1 is 1.38 bits per heavy atom. The van der Waals surface area contributed by atoms with Crippen molar-refractivity contribution in [1.29, 1.82) is 0 Å². The van der Waals surface area contributed by atoms with Crippen molar-refractivity contribution < 1.29 is 8.78 Å². The quantitative estimate of drug-likeness (QED) is 0.615. The normalized spacial score (nSPS) is 33.7. The van der Waals surface area contributed by atoms with E-state index < -0.39 is 11.8 Å². The van der Waals surface area contributed by atoms with Crippen molar-refractivity contribution in [1.82, 2.24) is 0 Å². The molecule has 0 aromatic heterocycles. The number of halogens is 2.